The van der Waals surface area contributed by atoms with Crippen LogP contribution in [0.3, 0.4) is 0 Å². The summed E-state index contributed by atoms with van der Waals surface area (Å²) in [6, 6.07) is 11.1. The molecule has 2 aliphatic rings. The van der Waals surface area contributed by atoms with Crippen LogP contribution in [0.5, 0.6) is 0 Å². The SMILES string of the molecule is COC(=O)c1cc2n(n1)CC(C)(C(=O)NC1CCCCCC1)N(Cc1ccccc1)C2=O. The van der Waals surface area contributed by atoms with Gasteiger partial charge in [0.25, 0.3) is 5.91 Å². The Kier molecular flexibility index (Phi) is 6.30. The third-order valence-electron chi connectivity index (χ3n) is 6.56. The summed E-state index contributed by atoms with van der Waals surface area (Å²) in [4.78, 5) is 40.8. The quantitative estimate of drug-likeness (QED) is 0.572. The Bertz CT molecular complexity index is 995. The molecule has 4 rings (SSSR count). The summed E-state index contributed by atoms with van der Waals surface area (Å²) in [5, 5.41) is 7.48. The molecule has 2 amide bonds. The number of carbonyl (C=O) groups excluding carboxylic acids is 3. The number of ether oxygens (including phenoxy) is 1. The highest BCUT2D eigenvalue weighted by molar-refractivity contribution is 6.01. The highest BCUT2D eigenvalue weighted by atomic mass is 16.5. The van der Waals surface area contributed by atoms with Crippen LogP contribution in [-0.4, -0.2) is 51.2 Å². The van der Waals surface area contributed by atoms with Crippen molar-refractivity contribution in [2.75, 3.05) is 7.11 Å². The lowest BCUT2D eigenvalue weighted by atomic mass is 9.93. The van der Waals surface area contributed by atoms with E-state index in [2.05, 4.69) is 10.4 Å². The maximum Gasteiger partial charge on any atom is 0.358 e. The molecule has 0 saturated heterocycles. The van der Waals surface area contributed by atoms with E-state index in [0.29, 0.717) is 0 Å². The van der Waals surface area contributed by atoms with Crippen LogP contribution in [0.4, 0.5) is 0 Å². The van der Waals surface area contributed by atoms with E-state index >= 15 is 0 Å². The molecule has 1 fully saturated rings. The fourth-order valence-electron chi connectivity index (χ4n) is 4.62. The molecule has 2 heterocycles. The fourth-order valence-corrected chi connectivity index (χ4v) is 4.62. The van der Waals surface area contributed by atoms with Crippen LogP contribution in [0.25, 0.3) is 0 Å². The van der Waals surface area contributed by atoms with E-state index in [1.165, 1.54) is 30.7 Å². The monoisotopic (exact) mass is 438 g/mol. The van der Waals surface area contributed by atoms with Crippen molar-refractivity contribution in [3.8, 4) is 0 Å². The lowest BCUT2D eigenvalue weighted by Crippen LogP contribution is -2.64. The number of carbonyl (C=O) groups is 3. The zero-order valence-corrected chi connectivity index (χ0v) is 18.7. The first-order valence-corrected chi connectivity index (χ1v) is 11.3. The largest absolute Gasteiger partial charge is 0.464 e. The minimum absolute atomic E-state index is 0.0592. The third kappa shape index (κ3) is 4.26. The number of nitrogens with zero attached hydrogens (tertiary/aromatic N) is 3. The van der Waals surface area contributed by atoms with Crippen molar-refractivity contribution in [1.29, 1.82) is 0 Å². The van der Waals surface area contributed by atoms with Gasteiger partial charge in [-0.3, -0.25) is 14.3 Å². The summed E-state index contributed by atoms with van der Waals surface area (Å²) in [7, 11) is 1.27. The molecule has 1 aromatic heterocycles. The van der Waals surface area contributed by atoms with E-state index in [1.807, 2.05) is 30.3 Å². The first-order chi connectivity index (χ1) is 15.4. The minimum Gasteiger partial charge on any atom is -0.464 e. The van der Waals surface area contributed by atoms with E-state index < -0.39 is 11.5 Å². The zero-order chi connectivity index (χ0) is 22.7. The van der Waals surface area contributed by atoms with Crippen molar-refractivity contribution >= 4 is 17.8 Å². The molecular formula is C24H30N4O4. The molecule has 32 heavy (non-hydrogen) atoms. The van der Waals surface area contributed by atoms with Gasteiger partial charge in [-0.05, 0) is 25.3 Å². The van der Waals surface area contributed by atoms with Gasteiger partial charge in [0.2, 0.25) is 5.91 Å². The maximum atomic E-state index is 13.6. The number of nitrogens with one attached hydrogen (secondary N) is 1. The Balaban J connectivity index is 1.67. The summed E-state index contributed by atoms with van der Waals surface area (Å²) in [5.74, 6) is -1.13. The number of esters is 1. The number of fused-ring (bicyclic) bond motifs is 1. The van der Waals surface area contributed by atoms with Crippen molar-refractivity contribution in [3.63, 3.8) is 0 Å². The van der Waals surface area contributed by atoms with Crippen molar-refractivity contribution in [2.24, 2.45) is 0 Å². The van der Waals surface area contributed by atoms with Gasteiger partial charge in [-0.1, -0.05) is 56.0 Å². The minimum atomic E-state index is -1.15. The number of aromatic nitrogens is 2. The zero-order valence-electron chi connectivity index (χ0n) is 18.7. The number of hydrogen-bond donors (Lipinski definition) is 1. The van der Waals surface area contributed by atoms with Gasteiger partial charge in [-0.25, -0.2) is 4.79 Å². The molecule has 0 bridgehead atoms. The molecule has 0 radical (unpaired) electrons. The Morgan fingerprint density at radius 3 is 2.50 bits per heavy atom. The Hall–Kier alpha value is -3.16. The third-order valence-corrected chi connectivity index (χ3v) is 6.56. The van der Waals surface area contributed by atoms with E-state index in [1.54, 1.807) is 11.8 Å². The van der Waals surface area contributed by atoms with Crippen LogP contribution in [0, 0.1) is 0 Å². The molecular weight excluding hydrogens is 408 g/mol. The first kappa shape index (κ1) is 22.0. The molecule has 1 N–H and O–H groups in total. The second-order valence-electron chi connectivity index (χ2n) is 8.88. The molecule has 2 aromatic rings. The lowest BCUT2D eigenvalue weighted by molar-refractivity contribution is -0.134. The topological polar surface area (TPSA) is 93.5 Å². The summed E-state index contributed by atoms with van der Waals surface area (Å²) < 4.78 is 6.23. The molecule has 1 saturated carbocycles. The van der Waals surface area contributed by atoms with E-state index in [0.717, 1.165) is 31.2 Å². The van der Waals surface area contributed by atoms with Crippen LogP contribution in [-0.2, 0) is 22.6 Å². The highest BCUT2D eigenvalue weighted by Crippen LogP contribution is 2.30. The summed E-state index contributed by atoms with van der Waals surface area (Å²) in [6.07, 6.45) is 6.48. The number of benzene rings is 1. The van der Waals surface area contributed by atoms with Gasteiger partial charge in [0.15, 0.2) is 5.69 Å². The number of rotatable bonds is 5. The van der Waals surface area contributed by atoms with Gasteiger partial charge >= 0.3 is 5.97 Å². The smallest absolute Gasteiger partial charge is 0.358 e. The van der Waals surface area contributed by atoms with Crippen LogP contribution >= 0.6 is 0 Å². The van der Waals surface area contributed by atoms with Gasteiger partial charge in [0.05, 0.1) is 13.7 Å². The van der Waals surface area contributed by atoms with Gasteiger partial charge < -0.3 is 15.0 Å². The van der Waals surface area contributed by atoms with Crippen molar-refractivity contribution in [1.82, 2.24) is 20.0 Å². The van der Waals surface area contributed by atoms with Crippen molar-refractivity contribution in [3.05, 3.63) is 53.3 Å². The molecule has 0 spiro atoms. The Morgan fingerprint density at radius 1 is 1.16 bits per heavy atom. The predicted molar refractivity (Wildman–Crippen MR) is 118 cm³/mol. The van der Waals surface area contributed by atoms with E-state index in [4.69, 9.17) is 4.74 Å². The number of hydrogen-bond acceptors (Lipinski definition) is 5. The molecule has 1 aliphatic heterocycles. The molecule has 1 aromatic carbocycles. The van der Waals surface area contributed by atoms with Crippen LogP contribution < -0.4 is 5.32 Å². The normalized spacial score (nSPS) is 21.6. The summed E-state index contributed by atoms with van der Waals surface area (Å²) in [5.41, 5.74) is 0.117. The van der Waals surface area contributed by atoms with Crippen LogP contribution in [0.2, 0.25) is 0 Å². The van der Waals surface area contributed by atoms with E-state index in [9.17, 15) is 14.4 Å². The average Bonchev–Trinajstić information content (AvgIpc) is 3.05. The Labute approximate surface area is 187 Å². The Morgan fingerprint density at radius 2 is 1.84 bits per heavy atom. The van der Waals surface area contributed by atoms with Crippen molar-refractivity contribution in [2.45, 2.75) is 70.1 Å². The second-order valence-corrected chi connectivity index (χ2v) is 8.88. The second kappa shape index (κ2) is 9.14. The summed E-state index contributed by atoms with van der Waals surface area (Å²) >= 11 is 0. The molecule has 1 aliphatic carbocycles. The molecule has 8 nitrogen and oxygen atoms in total. The first-order valence-electron chi connectivity index (χ1n) is 11.3. The number of amides is 2. The van der Waals surface area contributed by atoms with E-state index in [-0.39, 0.29) is 42.3 Å². The van der Waals surface area contributed by atoms with Gasteiger partial charge in [-0.15, -0.1) is 0 Å². The standard InChI is InChI=1S/C24H30N4O4/c1-24(23(31)25-18-12-8-3-4-9-13-18)16-28-20(14-19(26-28)22(30)32-2)21(29)27(24)15-17-10-6-5-7-11-17/h5-7,10-11,14,18H,3-4,8-9,12-13,15-16H2,1-2H3,(H,25,31). The molecule has 1 atom stereocenters. The highest BCUT2D eigenvalue weighted by Gasteiger charge is 2.48. The summed E-state index contributed by atoms with van der Waals surface area (Å²) in [6.45, 7) is 2.23. The van der Waals surface area contributed by atoms with Gasteiger partial charge in [-0.2, -0.15) is 5.10 Å². The average molecular weight is 439 g/mol. The number of methoxy groups -OCH3 is 1. The predicted octanol–water partition coefficient (Wildman–Crippen LogP) is 2.92. The molecule has 8 heteroatoms. The molecule has 1 unspecified atom stereocenters. The van der Waals surface area contributed by atoms with Gasteiger partial charge in [0, 0.05) is 18.7 Å². The molecule has 170 valence electrons. The van der Waals surface area contributed by atoms with Gasteiger partial charge in [0.1, 0.15) is 11.2 Å². The van der Waals surface area contributed by atoms with Crippen molar-refractivity contribution < 1.29 is 19.1 Å². The van der Waals surface area contributed by atoms with Crippen LogP contribution in [0.1, 0.15) is 72.0 Å². The maximum absolute atomic E-state index is 13.6. The fraction of sp³-hybridized carbons (Fsp3) is 0.500. The van der Waals surface area contributed by atoms with Crippen LogP contribution in [0.15, 0.2) is 36.4 Å². The lowest BCUT2D eigenvalue weighted by Gasteiger charge is -2.43.